The van der Waals surface area contributed by atoms with Crippen molar-refractivity contribution in [3.8, 4) is 0 Å². The third-order valence-electron chi connectivity index (χ3n) is 3.46. The molecule has 0 amide bonds. The smallest absolute Gasteiger partial charge is 0.162 e. The molecule has 0 spiro atoms. The predicted molar refractivity (Wildman–Crippen MR) is 72.3 cm³/mol. The van der Waals surface area contributed by atoms with Crippen molar-refractivity contribution in [2.24, 2.45) is 0 Å². The summed E-state index contributed by atoms with van der Waals surface area (Å²) in [6.45, 7) is 9.22. The molecule has 1 aromatic heterocycles. The number of nitrogens with two attached hydrogens (primary N) is 1. The highest BCUT2D eigenvalue weighted by Gasteiger charge is 2.34. The minimum atomic E-state index is -0.381. The van der Waals surface area contributed by atoms with Gasteiger partial charge in [-0.2, -0.15) is 0 Å². The molecule has 2 heterocycles. The highest BCUT2D eigenvalue weighted by molar-refractivity contribution is 5.33. The van der Waals surface area contributed by atoms with Gasteiger partial charge in [0.2, 0.25) is 0 Å². The lowest BCUT2D eigenvalue weighted by Gasteiger charge is -2.33. The SMILES string of the molecule is CC(C)(C)c1cc(N)nc(C2(C)CCCCO2)n1. The van der Waals surface area contributed by atoms with Crippen LogP contribution in [0.3, 0.4) is 0 Å². The number of nitrogen functional groups attached to an aromatic ring is 1. The van der Waals surface area contributed by atoms with Gasteiger partial charge in [-0.05, 0) is 26.2 Å². The fourth-order valence-electron chi connectivity index (χ4n) is 2.20. The molecule has 1 fully saturated rings. The lowest BCUT2D eigenvalue weighted by Crippen LogP contribution is -2.33. The first-order valence-corrected chi connectivity index (χ1v) is 6.61. The van der Waals surface area contributed by atoms with Crippen LogP contribution in [0.5, 0.6) is 0 Å². The van der Waals surface area contributed by atoms with E-state index in [0.717, 1.165) is 37.4 Å². The van der Waals surface area contributed by atoms with Gasteiger partial charge in [0.25, 0.3) is 0 Å². The van der Waals surface area contributed by atoms with E-state index in [-0.39, 0.29) is 11.0 Å². The van der Waals surface area contributed by atoms with E-state index in [1.165, 1.54) is 0 Å². The molecular formula is C14H23N3O. The monoisotopic (exact) mass is 249 g/mol. The maximum absolute atomic E-state index is 5.91. The number of hydrogen-bond donors (Lipinski definition) is 1. The molecule has 2 rings (SSSR count). The molecular weight excluding hydrogens is 226 g/mol. The topological polar surface area (TPSA) is 61.0 Å². The van der Waals surface area contributed by atoms with E-state index in [2.05, 4.69) is 37.7 Å². The first kappa shape index (κ1) is 13.3. The number of anilines is 1. The standard InChI is InChI=1S/C14H23N3O/c1-13(2,3)10-9-11(15)17-12(16-10)14(4)7-5-6-8-18-14/h9H,5-8H2,1-4H3,(H2,15,16,17). The van der Waals surface area contributed by atoms with E-state index in [0.29, 0.717) is 5.82 Å². The van der Waals surface area contributed by atoms with Crippen LogP contribution in [0.4, 0.5) is 5.82 Å². The van der Waals surface area contributed by atoms with E-state index in [4.69, 9.17) is 10.5 Å². The Morgan fingerprint density at radius 1 is 1.28 bits per heavy atom. The summed E-state index contributed by atoms with van der Waals surface area (Å²) >= 11 is 0. The Morgan fingerprint density at radius 2 is 2.00 bits per heavy atom. The third kappa shape index (κ3) is 2.64. The molecule has 1 aliphatic rings. The highest BCUT2D eigenvalue weighted by Crippen LogP contribution is 2.34. The molecule has 0 bridgehead atoms. The van der Waals surface area contributed by atoms with E-state index >= 15 is 0 Å². The van der Waals surface area contributed by atoms with E-state index in [1.54, 1.807) is 0 Å². The lowest BCUT2D eigenvalue weighted by atomic mass is 9.90. The molecule has 0 aliphatic carbocycles. The minimum absolute atomic E-state index is 0.0309. The Bertz CT molecular complexity index is 431. The summed E-state index contributed by atoms with van der Waals surface area (Å²) in [6, 6.07) is 1.86. The molecule has 0 saturated carbocycles. The molecule has 1 atom stereocenters. The van der Waals surface area contributed by atoms with Gasteiger partial charge < -0.3 is 10.5 Å². The third-order valence-corrected chi connectivity index (χ3v) is 3.46. The number of ether oxygens (including phenoxy) is 1. The summed E-state index contributed by atoms with van der Waals surface area (Å²) < 4.78 is 5.89. The fraction of sp³-hybridized carbons (Fsp3) is 0.714. The van der Waals surface area contributed by atoms with Gasteiger partial charge >= 0.3 is 0 Å². The second-order valence-corrected chi connectivity index (χ2v) is 6.29. The van der Waals surface area contributed by atoms with Crippen molar-refractivity contribution in [1.82, 2.24) is 9.97 Å². The van der Waals surface area contributed by atoms with Crippen LogP contribution in [0.25, 0.3) is 0 Å². The maximum atomic E-state index is 5.91. The molecule has 100 valence electrons. The Morgan fingerprint density at radius 3 is 2.56 bits per heavy atom. The lowest BCUT2D eigenvalue weighted by molar-refractivity contribution is -0.0761. The Hall–Kier alpha value is -1.16. The Balaban J connectivity index is 2.41. The zero-order valence-electron chi connectivity index (χ0n) is 11.8. The van der Waals surface area contributed by atoms with Crippen molar-refractivity contribution in [3.05, 3.63) is 17.6 Å². The summed E-state index contributed by atoms with van der Waals surface area (Å²) in [5.74, 6) is 1.26. The van der Waals surface area contributed by atoms with Crippen LogP contribution in [0.1, 0.15) is 58.5 Å². The van der Waals surface area contributed by atoms with E-state index < -0.39 is 0 Å². The van der Waals surface area contributed by atoms with E-state index in [1.807, 2.05) is 6.07 Å². The van der Waals surface area contributed by atoms with Crippen LogP contribution in [-0.4, -0.2) is 16.6 Å². The van der Waals surface area contributed by atoms with Gasteiger partial charge in [0.15, 0.2) is 5.82 Å². The zero-order chi connectivity index (χ0) is 13.4. The van der Waals surface area contributed by atoms with Crippen LogP contribution in [-0.2, 0) is 15.8 Å². The molecule has 4 heteroatoms. The maximum Gasteiger partial charge on any atom is 0.162 e. The highest BCUT2D eigenvalue weighted by atomic mass is 16.5. The van der Waals surface area contributed by atoms with Crippen molar-refractivity contribution < 1.29 is 4.74 Å². The first-order chi connectivity index (χ1) is 8.31. The molecule has 1 aromatic rings. The Labute approximate surface area is 109 Å². The van der Waals surface area contributed by atoms with E-state index in [9.17, 15) is 0 Å². The molecule has 2 N–H and O–H groups in total. The number of nitrogens with zero attached hydrogens (tertiary/aromatic N) is 2. The van der Waals surface area contributed by atoms with Crippen LogP contribution in [0.15, 0.2) is 6.07 Å². The van der Waals surface area contributed by atoms with Gasteiger partial charge in [0.1, 0.15) is 11.4 Å². The van der Waals surface area contributed by atoms with Crippen molar-refractivity contribution in [3.63, 3.8) is 0 Å². The zero-order valence-corrected chi connectivity index (χ0v) is 11.8. The predicted octanol–water partition coefficient (Wildman–Crippen LogP) is 2.77. The second-order valence-electron chi connectivity index (χ2n) is 6.29. The molecule has 1 aliphatic heterocycles. The number of hydrogen-bond acceptors (Lipinski definition) is 4. The second kappa shape index (κ2) is 4.50. The number of rotatable bonds is 1. The molecule has 4 nitrogen and oxygen atoms in total. The van der Waals surface area contributed by atoms with Gasteiger partial charge in [0, 0.05) is 18.1 Å². The quantitative estimate of drug-likeness (QED) is 0.831. The largest absolute Gasteiger partial charge is 0.384 e. The summed E-state index contributed by atoms with van der Waals surface area (Å²) in [7, 11) is 0. The minimum Gasteiger partial charge on any atom is -0.384 e. The fourth-order valence-corrected chi connectivity index (χ4v) is 2.20. The number of aromatic nitrogens is 2. The molecule has 0 aromatic carbocycles. The normalized spacial score (nSPS) is 25.1. The van der Waals surface area contributed by atoms with Gasteiger partial charge in [-0.3, -0.25) is 0 Å². The van der Waals surface area contributed by atoms with Crippen molar-refractivity contribution in [1.29, 1.82) is 0 Å². The van der Waals surface area contributed by atoms with Crippen LogP contribution in [0, 0.1) is 0 Å². The van der Waals surface area contributed by atoms with Gasteiger partial charge in [-0.15, -0.1) is 0 Å². The van der Waals surface area contributed by atoms with Gasteiger partial charge in [-0.25, -0.2) is 9.97 Å². The van der Waals surface area contributed by atoms with Gasteiger partial charge in [0.05, 0.1) is 5.69 Å². The van der Waals surface area contributed by atoms with Crippen molar-refractivity contribution in [2.75, 3.05) is 12.3 Å². The molecule has 1 unspecified atom stereocenters. The van der Waals surface area contributed by atoms with Crippen molar-refractivity contribution in [2.45, 2.75) is 58.0 Å². The van der Waals surface area contributed by atoms with Crippen LogP contribution < -0.4 is 5.73 Å². The average Bonchev–Trinajstić information content (AvgIpc) is 2.28. The molecule has 1 saturated heterocycles. The van der Waals surface area contributed by atoms with Gasteiger partial charge in [-0.1, -0.05) is 20.8 Å². The van der Waals surface area contributed by atoms with Crippen LogP contribution >= 0.6 is 0 Å². The summed E-state index contributed by atoms with van der Waals surface area (Å²) in [5.41, 5.74) is 6.48. The average molecular weight is 249 g/mol. The first-order valence-electron chi connectivity index (χ1n) is 6.61. The molecule has 0 radical (unpaired) electrons. The summed E-state index contributed by atoms with van der Waals surface area (Å²) in [6.07, 6.45) is 3.23. The Kier molecular flexibility index (Phi) is 3.32. The summed E-state index contributed by atoms with van der Waals surface area (Å²) in [4.78, 5) is 9.07. The van der Waals surface area contributed by atoms with Crippen LogP contribution in [0.2, 0.25) is 0 Å². The molecule has 18 heavy (non-hydrogen) atoms. The summed E-state index contributed by atoms with van der Waals surface area (Å²) in [5, 5.41) is 0. The van der Waals surface area contributed by atoms with Crippen molar-refractivity contribution >= 4 is 5.82 Å².